The molecule has 2 aliphatic heterocycles. The highest BCUT2D eigenvalue weighted by atomic mass is 16.8. The molecule has 144 valence electrons. The smallest absolute Gasteiger partial charge is 0.248 e. The minimum atomic E-state index is -0.773. The summed E-state index contributed by atoms with van der Waals surface area (Å²) in [7, 11) is 0. The van der Waals surface area contributed by atoms with Crippen LogP contribution < -0.4 is 5.32 Å². The second-order valence-corrected chi connectivity index (χ2v) is 9.02. The Labute approximate surface area is 162 Å². The molecule has 0 aliphatic carbocycles. The van der Waals surface area contributed by atoms with E-state index in [4.69, 9.17) is 9.57 Å². The van der Waals surface area contributed by atoms with E-state index >= 15 is 0 Å². The molecule has 1 spiro atoms. The first-order chi connectivity index (χ1) is 12.7. The number of hydrogen-bond donors (Lipinski definition) is 1. The van der Waals surface area contributed by atoms with Gasteiger partial charge in [-0.15, -0.1) is 0 Å². The first-order valence-electron chi connectivity index (χ1n) is 9.75. The lowest BCUT2D eigenvalue weighted by Crippen LogP contribution is -2.50. The van der Waals surface area contributed by atoms with Gasteiger partial charge in [0.25, 0.3) is 0 Å². The number of nitrogens with one attached hydrogen (secondary N) is 1. The van der Waals surface area contributed by atoms with E-state index in [1.807, 2.05) is 6.07 Å². The van der Waals surface area contributed by atoms with Gasteiger partial charge in [0.2, 0.25) is 5.91 Å². The maximum atomic E-state index is 6.56. The first kappa shape index (κ1) is 18.6. The summed E-state index contributed by atoms with van der Waals surface area (Å²) >= 11 is 0. The Bertz CT molecular complexity index is 801. The number of rotatable bonds is 3. The van der Waals surface area contributed by atoms with Crippen LogP contribution in [0.15, 0.2) is 54.6 Å². The van der Waals surface area contributed by atoms with Gasteiger partial charge in [0.1, 0.15) is 0 Å². The standard InChI is InChI=1S/C23H30N2O2/c1-17-11-13-18(14-12-17)20-15-23(24-21(2,3)16-26-23)27-25(20)22(4,5)19-9-7-6-8-10-19/h6-14,20,24H,15-16H2,1-5H3. The molecule has 0 amide bonds. The fourth-order valence-corrected chi connectivity index (χ4v) is 4.16. The molecule has 2 fully saturated rings. The molecule has 2 atom stereocenters. The maximum Gasteiger partial charge on any atom is 0.248 e. The zero-order valence-corrected chi connectivity index (χ0v) is 17.0. The van der Waals surface area contributed by atoms with Crippen LogP contribution in [0.3, 0.4) is 0 Å². The summed E-state index contributed by atoms with van der Waals surface area (Å²) in [6.07, 6.45) is 0.746. The quantitative estimate of drug-likeness (QED) is 0.856. The predicted molar refractivity (Wildman–Crippen MR) is 107 cm³/mol. The molecule has 0 aromatic heterocycles. The number of hydroxylamine groups is 2. The lowest BCUT2D eigenvalue weighted by atomic mass is 9.90. The van der Waals surface area contributed by atoms with Crippen LogP contribution in [0.4, 0.5) is 0 Å². The Morgan fingerprint density at radius 2 is 1.70 bits per heavy atom. The highest BCUT2D eigenvalue weighted by molar-refractivity contribution is 5.28. The summed E-state index contributed by atoms with van der Waals surface area (Å²) in [6.45, 7) is 11.5. The molecule has 2 aliphatic rings. The lowest BCUT2D eigenvalue weighted by Gasteiger charge is -2.39. The minimum absolute atomic E-state index is 0.0993. The molecular weight excluding hydrogens is 336 g/mol. The van der Waals surface area contributed by atoms with Crippen molar-refractivity contribution in [3.05, 3.63) is 71.3 Å². The lowest BCUT2D eigenvalue weighted by molar-refractivity contribution is -0.327. The van der Waals surface area contributed by atoms with Crippen molar-refractivity contribution in [3.8, 4) is 0 Å². The van der Waals surface area contributed by atoms with Crippen LogP contribution in [0, 0.1) is 6.92 Å². The molecule has 2 aromatic carbocycles. The van der Waals surface area contributed by atoms with Gasteiger partial charge in [-0.25, -0.2) is 4.84 Å². The largest absolute Gasteiger partial charge is 0.334 e. The van der Waals surface area contributed by atoms with E-state index in [0.717, 1.165) is 6.42 Å². The summed E-state index contributed by atoms with van der Waals surface area (Å²) in [4.78, 5) is 6.56. The molecule has 27 heavy (non-hydrogen) atoms. The van der Waals surface area contributed by atoms with Gasteiger partial charge in [-0.2, -0.15) is 5.06 Å². The monoisotopic (exact) mass is 366 g/mol. The van der Waals surface area contributed by atoms with Crippen LogP contribution in [0.2, 0.25) is 0 Å². The molecule has 0 saturated carbocycles. The Morgan fingerprint density at radius 1 is 1.04 bits per heavy atom. The van der Waals surface area contributed by atoms with E-state index in [-0.39, 0.29) is 17.1 Å². The van der Waals surface area contributed by atoms with Gasteiger partial charge in [0.05, 0.1) is 18.2 Å². The summed E-state index contributed by atoms with van der Waals surface area (Å²) in [5.41, 5.74) is 3.31. The van der Waals surface area contributed by atoms with E-state index in [2.05, 4.69) is 93.5 Å². The van der Waals surface area contributed by atoms with Crippen molar-refractivity contribution < 1.29 is 9.57 Å². The third-order valence-corrected chi connectivity index (χ3v) is 5.68. The normalized spacial score (nSPS) is 28.1. The fraction of sp³-hybridized carbons (Fsp3) is 0.478. The van der Waals surface area contributed by atoms with E-state index in [1.54, 1.807) is 0 Å². The number of ether oxygens (including phenoxy) is 1. The van der Waals surface area contributed by atoms with E-state index in [0.29, 0.717) is 6.61 Å². The second-order valence-electron chi connectivity index (χ2n) is 9.02. The van der Waals surface area contributed by atoms with E-state index in [1.165, 1.54) is 16.7 Å². The van der Waals surface area contributed by atoms with E-state index < -0.39 is 5.91 Å². The van der Waals surface area contributed by atoms with Gasteiger partial charge in [-0.1, -0.05) is 60.2 Å². The van der Waals surface area contributed by atoms with Gasteiger partial charge >= 0.3 is 0 Å². The zero-order valence-electron chi connectivity index (χ0n) is 17.0. The third kappa shape index (κ3) is 3.43. The molecule has 1 N–H and O–H groups in total. The van der Waals surface area contributed by atoms with Crippen molar-refractivity contribution in [3.63, 3.8) is 0 Å². The summed E-state index contributed by atoms with van der Waals surface area (Å²) < 4.78 is 6.18. The van der Waals surface area contributed by atoms with Crippen LogP contribution in [-0.4, -0.2) is 23.1 Å². The van der Waals surface area contributed by atoms with Crippen LogP contribution in [0.1, 0.15) is 56.8 Å². The third-order valence-electron chi connectivity index (χ3n) is 5.68. The number of benzene rings is 2. The van der Waals surface area contributed by atoms with Crippen LogP contribution in [-0.2, 0) is 15.1 Å². The van der Waals surface area contributed by atoms with Gasteiger partial charge in [0.15, 0.2) is 0 Å². The second kappa shape index (κ2) is 6.42. The molecule has 2 saturated heterocycles. The van der Waals surface area contributed by atoms with Crippen LogP contribution in [0.5, 0.6) is 0 Å². The maximum absolute atomic E-state index is 6.56. The highest BCUT2D eigenvalue weighted by Gasteiger charge is 2.57. The summed E-state index contributed by atoms with van der Waals surface area (Å²) in [6, 6.07) is 19.4. The molecule has 2 heterocycles. The molecule has 0 bridgehead atoms. The molecule has 4 heteroatoms. The van der Waals surface area contributed by atoms with Crippen LogP contribution >= 0.6 is 0 Å². The van der Waals surface area contributed by atoms with Crippen LogP contribution in [0.25, 0.3) is 0 Å². The topological polar surface area (TPSA) is 33.7 Å². The Morgan fingerprint density at radius 3 is 2.30 bits per heavy atom. The number of hydrogen-bond acceptors (Lipinski definition) is 4. The average Bonchev–Trinajstić information content (AvgIpc) is 3.16. The van der Waals surface area contributed by atoms with Crippen molar-refractivity contribution in [1.82, 2.24) is 10.4 Å². The van der Waals surface area contributed by atoms with Gasteiger partial charge in [-0.3, -0.25) is 5.32 Å². The molecule has 4 nitrogen and oxygen atoms in total. The first-order valence-corrected chi connectivity index (χ1v) is 9.75. The number of nitrogens with zero attached hydrogens (tertiary/aromatic N) is 1. The summed E-state index contributed by atoms with van der Waals surface area (Å²) in [5.74, 6) is -0.773. The van der Waals surface area contributed by atoms with E-state index in [9.17, 15) is 0 Å². The zero-order chi connectivity index (χ0) is 19.3. The van der Waals surface area contributed by atoms with Crippen molar-refractivity contribution in [2.24, 2.45) is 0 Å². The van der Waals surface area contributed by atoms with Crippen molar-refractivity contribution in [2.45, 2.75) is 64.1 Å². The Hall–Kier alpha value is -1.72. The summed E-state index contributed by atoms with van der Waals surface area (Å²) in [5, 5.41) is 5.71. The van der Waals surface area contributed by atoms with Crippen molar-refractivity contribution >= 4 is 0 Å². The molecule has 2 unspecified atom stereocenters. The van der Waals surface area contributed by atoms with Gasteiger partial charge in [-0.05, 0) is 45.7 Å². The van der Waals surface area contributed by atoms with Crippen molar-refractivity contribution in [1.29, 1.82) is 0 Å². The van der Waals surface area contributed by atoms with Gasteiger partial charge in [0, 0.05) is 12.0 Å². The Balaban J connectivity index is 1.73. The predicted octanol–water partition coefficient (Wildman–Crippen LogP) is 4.66. The molecular formula is C23H30N2O2. The molecule has 0 radical (unpaired) electrons. The van der Waals surface area contributed by atoms with Crippen molar-refractivity contribution in [2.75, 3.05) is 6.61 Å². The molecule has 4 rings (SSSR count). The Kier molecular flexibility index (Phi) is 4.43. The molecule has 2 aromatic rings. The number of aryl methyl sites for hydroxylation is 1. The van der Waals surface area contributed by atoms with Gasteiger partial charge < -0.3 is 4.74 Å². The minimum Gasteiger partial charge on any atom is -0.334 e. The average molecular weight is 367 g/mol. The fourth-order valence-electron chi connectivity index (χ4n) is 4.16. The SMILES string of the molecule is Cc1ccc(C2CC3(NC(C)(C)CO3)ON2C(C)(C)c2ccccc2)cc1. The highest BCUT2D eigenvalue weighted by Crippen LogP contribution is 2.49.